The minimum absolute atomic E-state index is 0.287. The number of nitrogens with one attached hydrogen (secondary N) is 2. The Morgan fingerprint density at radius 2 is 2.00 bits per heavy atom. The average molecular weight is 329 g/mol. The lowest BCUT2D eigenvalue weighted by atomic mass is 10.2. The predicted molar refractivity (Wildman–Crippen MR) is 95.4 cm³/mol. The third kappa shape index (κ3) is 4.64. The topological polar surface area (TPSA) is 53.1 Å². The van der Waals surface area contributed by atoms with E-state index in [0.717, 1.165) is 38.0 Å². The number of benzene rings is 1. The molecule has 0 atom stereocenters. The van der Waals surface area contributed by atoms with E-state index in [1.165, 1.54) is 6.07 Å². The van der Waals surface area contributed by atoms with Gasteiger partial charge in [0.1, 0.15) is 11.6 Å². The summed E-state index contributed by atoms with van der Waals surface area (Å²) >= 11 is 0. The summed E-state index contributed by atoms with van der Waals surface area (Å²) in [6.07, 6.45) is 3.34. The lowest BCUT2D eigenvalue weighted by Gasteiger charge is -2.13. The van der Waals surface area contributed by atoms with Crippen LogP contribution in [0.5, 0.6) is 0 Å². The second kappa shape index (κ2) is 7.57. The van der Waals surface area contributed by atoms with Gasteiger partial charge < -0.3 is 15.5 Å². The Hall–Kier alpha value is -2.21. The van der Waals surface area contributed by atoms with Crippen molar-refractivity contribution in [1.82, 2.24) is 14.9 Å². The molecule has 0 spiro atoms. The molecule has 0 aliphatic heterocycles. The van der Waals surface area contributed by atoms with Crippen LogP contribution in [0.4, 0.5) is 21.8 Å². The first-order chi connectivity index (χ1) is 11.6. The van der Waals surface area contributed by atoms with Gasteiger partial charge in [-0.3, -0.25) is 0 Å². The number of anilines is 3. The Kier molecular flexibility index (Phi) is 5.25. The van der Waals surface area contributed by atoms with E-state index in [4.69, 9.17) is 0 Å². The highest BCUT2D eigenvalue weighted by Crippen LogP contribution is 2.40. The number of hydrogen-bond donors (Lipinski definition) is 2. The number of rotatable bonds is 8. The zero-order valence-corrected chi connectivity index (χ0v) is 14.2. The maximum absolute atomic E-state index is 13.8. The molecular weight excluding hydrogens is 305 g/mol. The molecule has 1 saturated carbocycles. The summed E-state index contributed by atoms with van der Waals surface area (Å²) in [5, 5.41) is 6.35. The maximum atomic E-state index is 13.8. The molecule has 0 bridgehead atoms. The van der Waals surface area contributed by atoms with Crippen molar-refractivity contribution in [1.29, 1.82) is 0 Å². The summed E-state index contributed by atoms with van der Waals surface area (Å²) in [7, 11) is 4.11. The van der Waals surface area contributed by atoms with Gasteiger partial charge in [-0.25, -0.2) is 9.37 Å². The van der Waals surface area contributed by atoms with Gasteiger partial charge in [-0.1, -0.05) is 12.1 Å². The first-order valence-corrected chi connectivity index (χ1v) is 8.41. The minimum atomic E-state index is -0.287. The van der Waals surface area contributed by atoms with Crippen LogP contribution in [0.1, 0.15) is 30.9 Å². The van der Waals surface area contributed by atoms with Crippen LogP contribution in [0, 0.1) is 5.82 Å². The Labute approximate surface area is 142 Å². The van der Waals surface area contributed by atoms with Gasteiger partial charge in [-0.05, 0) is 52.0 Å². The molecule has 2 N–H and O–H groups in total. The van der Waals surface area contributed by atoms with Gasteiger partial charge >= 0.3 is 0 Å². The molecule has 1 heterocycles. The van der Waals surface area contributed by atoms with Gasteiger partial charge in [0.15, 0.2) is 0 Å². The van der Waals surface area contributed by atoms with Crippen LogP contribution >= 0.6 is 0 Å². The van der Waals surface area contributed by atoms with Crippen molar-refractivity contribution < 1.29 is 4.39 Å². The fourth-order valence-corrected chi connectivity index (χ4v) is 2.49. The molecule has 24 heavy (non-hydrogen) atoms. The monoisotopic (exact) mass is 329 g/mol. The molecule has 0 saturated heterocycles. The highest BCUT2D eigenvalue weighted by atomic mass is 19.1. The molecular formula is C18H24FN5. The van der Waals surface area contributed by atoms with Crippen LogP contribution in [0.25, 0.3) is 0 Å². The molecule has 1 aliphatic rings. The van der Waals surface area contributed by atoms with Crippen LogP contribution in [-0.4, -0.2) is 42.1 Å². The van der Waals surface area contributed by atoms with Crippen molar-refractivity contribution in [2.24, 2.45) is 0 Å². The lowest BCUT2D eigenvalue weighted by Crippen LogP contribution is -2.17. The van der Waals surface area contributed by atoms with E-state index < -0.39 is 0 Å². The van der Waals surface area contributed by atoms with Crippen molar-refractivity contribution in [3.63, 3.8) is 0 Å². The number of nitrogens with zero attached hydrogens (tertiary/aromatic N) is 3. The number of para-hydroxylation sites is 1. The summed E-state index contributed by atoms with van der Waals surface area (Å²) < 4.78 is 13.8. The number of halogens is 1. The number of hydrogen-bond acceptors (Lipinski definition) is 5. The summed E-state index contributed by atoms with van der Waals surface area (Å²) in [4.78, 5) is 11.2. The zero-order valence-electron chi connectivity index (χ0n) is 14.2. The van der Waals surface area contributed by atoms with Crippen molar-refractivity contribution in [2.75, 3.05) is 37.8 Å². The molecule has 2 aromatic rings. The van der Waals surface area contributed by atoms with E-state index in [2.05, 4.69) is 39.6 Å². The molecule has 128 valence electrons. The molecule has 0 amide bonds. The van der Waals surface area contributed by atoms with Crippen molar-refractivity contribution in [2.45, 2.75) is 25.2 Å². The molecule has 1 aromatic heterocycles. The third-order valence-corrected chi connectivity index (χ3v) is 3.94. The predicted octanol–water partition coefficient (Wildman–Crippen LogP) is 3.60. The minimum Gasteiger partial charge on any atom is -0.354 e. The molecule has 1 aromatic carbocycles. The molecule has 6 heteroatoms. The second-order valence-electron chi connectivity index (χ2n) is 6.46. The van der Waals surface area contributed by atoms with Crippen LogP contribution in [-0.2, 0) is 0 Å². The fourth-order valence-electron chi connectivity index (χ4n) is 2.49. The molecule has 1 aliphatic carbocycles. The smallest absolute Gasteiger partial charge is 0.224 e. The van der Waals surface area contributed by atoms with E-state index in [9.17, 15) is 4.39 Å². The van der Waals surface area contributed by atoms with Gasteiger partial charge in [0, 0.05) is 18.5 Å². The van der Waals surface area contributed by atoms with Gasteiger partial charge in [-0.2, -0.15) is 4.98 Å². The Morgan fingerprint density at radius 1 is 1.21 bits per heavy atom. The van der Waals surface area contributed by atoms with Gasteiger partial charge in [-0.15, -0.1) is 0 Å². The molecule has 5 nitrogen and oxygen atoms in total. The first kappa shape index (κ1) is 16.6. The quantitative estimate of drug-likeness (QED) is 0.725. The van der Waals surface area contributed by atoms with Crippen LogP contribution in [0.2, 0.25) is 0 Å². The standard InChI is InChI=1S/C18H24FN5/c1-24(2)11-5-10-20-18-22-16(13-8-9-13)12-17(23-18)21-15-7-4-3-6-14(15)19/h3-4,6-7,12-13H,5,8-11H2,1-2H3,(H2,20,21,22,23). The molecule has 0 radical (unpaired) electrons. The highest BCUT2D eigenvalue weighted by Gasteiger charge is 2.26. The van der Waals surface area contributed by atoms with E-state index >= 15 is 0 Å². The summed E-state index contributed by atoms with van der Waals surface area (Å²) in [6, 6.07) is 8.54. The Bertz CT molecular complexity index is 685. The Balaban J connectivity index is 1.72. The van der Waals surface area contributed by atoms with E-state index in [-0.39, 0.29) is 5.82 Å². The fraction of sp³-hybridized carbons (Fsp3) is 0.444. The Morgan fingerprint density at radius 3 is 2.71 bits per heavy atom. The van der Waals surface area contributed by atoms with E-state index in [1.807, 2.05) is 6.07 Å². The number of aromatic nitrogens is 2. The van der Waals surface area contributed by atoms with Crippen molar-refractivity contribution >= 4 is 17.5 Å². The van der Waals surface area contributed by atoms with Crippen LogP contribution in [0.15, 0.2) is 30.3 Å². The van der Waals surface area contributed by atoms with Crippen LogP contribution in [0.3, 0.4) is 0 Å². The highest BCUT2D eigenvalue weighted by molar-refractivity contribution is 5.58. The van der Waals surface area contributed by atoms with E-state index in [0.29, 0.717) is 23.4 Å². The summed E-state index contributed by atoms with van der Waals surface area (Å²) in [6.45, 7) is 1.82. The van der Waals surface area contributed by atoms with Gasteiger partial charge in [0.05, 0.1) is 11.4 Å². The van der Waals surface area contributed by atoms with Gasteiger partial charge in [0.25, 0.3) is 0 Å². The normalized spacial score (nSPS) is 14.0. The lowest BCUT2D eigenvalue weighted by molar-refractivity contribution is 0.405. The van der Waals surface area contributed by atoms with Crippen molar-refractivity contribution in [3.8, 4) is 0 Å². The second-order valence-corrected chi connectivity index (χ2v) is 6.46. The molecule has 0 unspecified atom stereocenters. The maximum Gasteiger partial charge on any atom is 0.224 e. The SMILES string of the molecule is CN(C)CCCNc1nc(Nc2ccccc2F)cc(C2CC2)n1. The van der Waals surface area contributed by atoms with Crippen molar-refractivity contribution in [3.05, 3.63) is 41.8 Å². The first-order valence-electron chi connectivity index (χ1n) is 8.41. The third-order valence-electron chi connectivity index (χ3n) is 3.94. The molecule has 3 rings (SSSR count). The van der Waals surface area contributed by atoms with Crippen LogP contribution < -0.4 is 10.6 Å². The molecule has 1 fully saturated rings. The summed E-state index contributed by atoms with van der Waals surface area (Å²) in [5.74, 6) is 1.46. The zero-order chi connectivity index (χ0) is 16.9. The van der Waals surface area contributed by atoms with Gasteiger partial charge in [0.2, 0.25) is 5.95 Å². The average Bonchev–Trinajstić information content (AvgIpc) is 3.38. The van der Waals surface area contributed by atoms with E-state index in [1.54, 1.807) is 18.2 Å². The largest absolute Gasteiger partial charge is 0.354 e. The summed E-state index contributed by atoms with van der Waals surface area (Å²) in [5.41, 5.74) is 1.45.